The lowest BCUT2D eigenvalue weighted by atomic mass is 10.1. The standard InChI is InChI=1S/C13H17N5O2/c1-16-5-6-17(11(8-15)9-16)12-4-2-3-10(7-14)13(12)18(19)20/h2-4,11H,5-6,8-9,15H2,1H3. The fourth-order valence-corrected chi connectivity index (χ4v) is 2.57. The molecule has 106 valence electrons. The van der Waals surface area contributed by atoms with Gasteiger partial charge in [-0.3, -0.25) is 10.1 Å². The Morgan fingerprint density at radius 1 is 1.55 bits per heavy atom. The molecule has 1 heterocycles. The van der Waals surface area contributed by atoms with Gasteiger partial charge in [-0.25, -0.2) is 0 Å². The summed E-state index contributed by atoms with van der Waals surface area (Å²) in [6, 6.07) is 6.73. The summed E-state index contributed by atoms with van der Waals surface area (Å²) < 4.78 is 0. The summed E-state index contributed by atoms with van der Waals surface area (Å²) in [6.45, 7) is 2.64. The topological polar surface area (TPSA) is 99.4 Å². The van der Waals surface area contributed by atoms with Crippen molar-refractivity contribution in [3.63, 3.8) is 0 Å². The highest BCUT2D eigenvalue weighted by Gasteiger charge is 2.30. The summed E-state index contributed by atoms with van der Waals surface area (Å²) in [5.74, 6) is 0. The molecule has 7 heteroatoms. The second kappa shape index (κ2) is 5.86. The van der Waals surface area contributed by atoms with E-state index in [-0.39, 0.29) is 17.3 Å². The Kier molecular flexibility index (Phi) is 4.17. The number of para-hydroxylation sites is 1. The Morgan fingerprint density at radius 3 is 2.90 bits per heavy atom. The molecule has 0 aliphatic carbocycles. The number of piperazine rings is 1. The number of hydrogen-bond acceptors (Lipinski definition) is 6. The zero-order chi connectivity index (χ0) is 14.7. The maximum Gasteiger partial charge on any atom is 0.310 e. The first-order valence-corrected chi connectivity index (χ1v) is 6.41. The van der Waals surface area contributed by atoms with Crippen LogP contribution in [-0.4, -0.2) is 49.1 Å². The molecule has 0 aromatic heterocycles. The molecule has 1 aliphatic rings. The van der Waals surface area contributed by atoms with Crippen molar-refractivity contribution in [2.24, 2.45) is 5.73 Å². The van der Waals surface area contributed by atoms with E-state index in [2.05, 4.69) is 4.90 Å². The SMILES string of the molecule is CN1CCN(c2cccc(C#N)c2[N+](=O)[O-])C(CN)C1. The number of likely N-dealkylation sites (N-methyl/N-ethyl adjacent to an activating group) is 1. The molecule has 0 saturated carbocycles. The summed E-state index contributed by atoms with van der Waals surface area (Å²) >= 11 is 0. The molecule has 20 heavy (non-hydrogen) atoms. The molecule has 0 amide bonds. The van der Waals surface area contributed by atoms with Gasteiger partial charge >= 0.3 is 5.69 Å². The lowest BCUT2D eigenvalue weighted by Gasteiger charge is -2.40. The molecule has 1 fully saturated rings. The van der Waals surface area contributed by atoms with Crippen LogP contribution in [0.1, 0.15) is 5.56 Å². The molecule has 1 aliphatic heterocycles. The fraction of sp³-hybridized carbons (Fsp3) is 0.462. The number of benzene rings is 1. The summed E-state index contributed by atoms with van der Waals surface area (Å²) in [5.41, 5.74) is 6.23. The van der Waals surface area contributed by atoms with Crippen molar-refractivity contribution in [2.45, 2.75) is 6.04 Å². The van der Waals surface area contributed by atoms with Gasteiger partial charge in [-0.15, -0.1) is 0 Å². The third-order valence-corrected chi connectivity index (χ3v) is 3.59. The molecule has 1 saturated heterocycles. The van der Waals surface area contributed by atoms with E-state index < -0.39 is 4.92 Å². The maximum atomic E-state index is 11.3. The number of anilines is 1. The van der Waals surface area contributed by atoms with Crippen molar-refractivity contribution in [1.82, 2.24) is 4.90 Å². The Hall–Kier alpha value is -2.17. The van der Waals surface area contributed by atoms with Gasteiger partial charge in [0.05, 0.1) is 11.0 Å². The second-order valence-corrected chi connectivity index (χ2v) is 4.89. The van der Waals surface area contributed by atoms with Crippen molar-refractivity contribution in [3.8, 4) is 6.07 Å². The molecule has 0 spiro atoms. The molecule has 1 unspecified atom stereocenters. The number of nitro benzene ring substituents is 1. The summed E-state index contributed by atoms with van der Waals surface area (Å²) in [5, 5.41) is 20.3. The monoisotopic (exact) mass is 275 g/mol. The van der Waals surface area contributed by atoms with E-state index in [0.717, 1.165) is 13.1 Å². The molecule has 0 bridgehead atoms. The minimum Gasteiger partial charge on any atom is -0.359 e. The third kappa shape index (κ3) is 2.57. The van der Waals surface area contributed by atoms with Crippen molar-refractivity contribution < 1.29 is 4.92 Å². The molecule has 2 rings (SSSR count). The van der Waals surface area contributed by atoms with E-state index in [9.17, 15) is 10.1 Å². The number of nitrogens with zero attached hydrogens (tertiary/aromatic N) is 4. The molecular weight excluding hydrogens is 258 g/mol. The average molecular weight is 275 g/mol. The number of nitro groups is 1. The molecule has 7 nitrogen and oxygen atoms in total. The quantitative estimate of drug-likeness (QED) is 0.638. The minimum absolute atomic E-state index is 0.0152. The van der Waals surface area contributed by atoms with Gasteiger partial charge in [-0.1, -0.05) is 6.07 Å². The molecule has 0 radical (unpaired) electrons. The van der Waals surface area contributed by atoms with E-state index in [1.54, 1.807) is 12.1 Å². The lowest BCUT2D eigenvalue weighted by Crippen LogP contribution is -2.55. The van der Waals surface area contributed by atoms with E-state index in [1.807, 2.05) is 18.0 Å². The maximum absolute atomic E-state index is 11.3. The minimum atomic E-state index is -0.486. The average Bonchev–Trinajstić information content (AvgIpc) is 2.46. The largest absolute Gasteiger partial charge is 0.359 e. The zero-order valence-corrected chi connectivity index (χ0v) is 11.3. The van der Waals surface area contributed by atoms with Crippen molar-refractivity contribution in [2.75, 3.05) is 38.1 Å². The first-order chi connectivity index (χ1) is 9.58. The highest BCUT2D eigenvalue weighted by atomic mass is 16.6. The molecule has 1 atom stereocenters. The Balaban J connectivity index is 2.46. The Bertz CT molecular complexity index is 554. The van der Waals surface area contributed by atoms with Crippen molar-refractivity contribution in [3.05, 3.63) is 33.9 Å². The Labute approximate surface area is 117 Å². The van der Waals surface area contributed by atoms with Crippen LogP contribution in [0, 0.1) is 21.4 Å². The summed E-state index contributed by atoms with van der Waals surface area (Å²) in [6.07, 6.45) is 0. The smallest absolute Gasteiger partial charge is 0.310 e. The van der Waals surface area contributed by atoms with Crippen molar-refractivity contribution in [1.29, 1.82) is 5.26 Å². The summed E-state index contributed by atoms with van der Waals surface area (Å²) in [4.78, 5) is 14.9. The Morgan fingerprint density at radius 2 is 2.30 bits per heavy atom. The van der Waals surface area contributed by atoms with Crippen LogP contribution in [0.2, 0.25) is 0 Å². The third-order valence-electron chi connectivity index (χ3n) is 3.59. The lowest BCUT2D eigenvalue weighted by molar-refractivity contribution is -0.384. The van der Waals surface area contributed by atoms with Crippen LogP contribution in [0.4, 0.5) is 11.4 Å². The highest BCUT2D eigenvalue weighted by Crippen LogP contribution is 2.33. The second-order valence-electron chi connectivity index (χ2n) is 4.89. The van der Waals surface area contributed by atoms with Crippen LogP contribution >= 0.6 is 0 Å². The van der Waals surface area contributed by atoms with E-state index >= 15 is 0 Å². The molecule has 1 aromatic rings. The zero-order valence-electron chi connectivity index (χ0n) is 11.3. The van der Waals surface area contributed by atoms with Gasteiger partial charge in [0, 0.05) is 26.2 Å². The van der Waals surface area contributed by atoms with Gasteiger partial charge in [-0.2, -0.15) is 5.26 Å². The predicted molar refractivity (Wildman–Crippen MR) is 75.5 cm³/mol. The van der Waals surface area contributed by atoms with Crippen molar-refractivity contribution >= 4 is 11.4 Å². The first-order valence-electron chi connectivity index (χ1n) is 6.41. The fourth-order valence-electron chi connectivity index (χ4n) is 2.57. The van der Waals surface area contributed by atoms with Crippen LogP contribution in [0.15, 0.2) is 18.2 Å². The van der Waals surface area contributed by atoms with Gasteiger partial charge < -0.3 is 15.5 Å². The summed E-state index contributed by atoms with van der Waals surface area (Å²) in [7, 11) is 2.00. The van der Waals surface area contributed by atoms with Gasteiger partial charge in [0.2, 0.25) is 0 Å². The van der Waals surface area contributed by atoms with E-state index in [1.165, 1.54) is 6.07 Å². The first kappa shape index (κ1) is 14.2. The van der Waals surface area contributed by atoms with Gasteiger partial charge in [0.1, 0.15) is 17.3 Å². The van der Waals surface area contributed by atoms with Crippen LogP contribution in [0.3, 0.4) is 0 Å². The predicted octanol–water partition coefficient (Wildman–Crippen LogP) is 0.546. The van der Waals surface area contributed by atoms with Crippen LogP contribution in [0.5, 0.6) is 0 Å². The van der Waals surface area contributed by atoms with Crippen LogP contribution in [-0.2, 0) is 0 Å². The van der Waals surface area contributed by atoms with E-state index in [4.69, 9.17) is 11.0 Å². The normalized spacial score (nSPS) is 19.6. The molecule has 2 N–H and O–H groups in total. The number of nitriles is 1. The number of rotatable bonds is 3. The molecular formula is C13H17N5O2. The number of hydrogen-bond donors (Lipinski definition) is 1. The van der Waals surface area contributed by atoms with Gasteiger partial charge in [0.15, 0.2) is 0 Å². The van der Waals surface area contributed by atoms with Gasteiger partial charge in [0.25, 0.3) is 0 Å². The van der Waals surface area contributed by atoms with E-state index in [0.29, 0.717) is 18.8 Å². The van der Waals surface area contributed by atoms with Crippen LogP contribution < -0.4 is 10.6 Å². The van der Waals surface area contributed by atoms with Crippen LogP contribution in [0.25, 0.3) is 0 Å². The highest BCUT2D eigenvalue weighted by molar-refractivity contribution is 5.70. The number of nitrogens with two attached hydrogens (primary N) is 1. The molecule has 1 aromatic carbocycles. The van der Waals surface area contributed by atoms with Gasteiger partial charge in [-0.05, 0) is 19.2 Å².